The predicted molar refractivity (Wildman–Crippen MR) is 88.7 cm³/mol. The van der Waals surface area contributed by atoms with Crippen molar-refractivity contribution >= 4 is 17.2 Å². The number of ether oxygens (including phenoxy) is 1. The molecule has 0 atom stereocenters. The van der Waals surface area contributed by atoms with E-state index in [-0.39, 0.29) is 5.91 Å². The maximum absolute atomic E-state index is 13.1. The van der Waals surface area contributed by atoms with E-state index >= 15 is 0 Å². The van der Waals surface area contributed by atoms with Crippen LogP contribution in [0.3, 0.4) is 0 Å². The van der Waals surface area contributed by atoms with E-state index in [1.807, 2.05) is 24.4 Å². The fraction of sp³-hybridized carbons (Fsp3) is 0.562. The van der Waals surface area contributed by atoms with Crippen LogP contribution in [0.4, 0.5) is 0 Å². The summed E-state index contributed by atoms with van der Waals surface area (Å²) in [6.45, 7) is 3.63. The molecule has 0 saturated carbocycles. The SMILES string of the molecule is COCCN(Cc1scnc1C)C(=O)c1c2c(nn1C)CCC2. The first kappa shape index (κ1) is 16.1. The largest absolute Gasteiger partial charge is 0.383 e. The molecule has 2 heterocycles. The number of aromatic nitrogens is 3. The average Bonchev–Trinajstić information content (AvgIpc) is 3.19. The first-order chi connectivity index (χ1) is 11.1. The molecule has 6 nitrogen and oxygen atoms in total. The normalized spacial score (nSPS) is 13.3. The monoisotopic (exact) mass is 334 g/mol. The van der Waals surface area contributed by atoms with Gasteiger partial charge < -0.3 is 9.64 Å². The fourth-order valence-electron chi connectivity index (χ4n) is 3.04. The molecule has 0 radical (unpaired) electrons. The summed E-state index contributed by atoms with van der Waals surface area (Å²) in [7, 11) is 3.51. The van der Waals surface area contributed by atoms with Gasteiger partial charge in [-0.1, -0.05) is 0 Å². The van der Waals surface area contributed by atoms with Crippen molar-refractivity contribution in [2.45, 2.75) is 32.7 Å². The van der Waals surface area contributed by atoms with E-state index in [4.69, 9.17) is 4.74 Å². The molecule has 7 heteroatoms. The Morgan fingerprint density at radius 3 is 3.00 bits per heavy atom. The van der Waals surface area contributed by atoms with Crippen LogP contribution in [-0.4, -0.2) is 45.8 Å². The number of hydrogen-bond donors (Lipinski definition) is 0. The summed E-state index contributed by atoms with van der Waals surface area (Å²) in [5, 5.41) is 4.52. The zero-order chi connectivity index (χ0) is 16.4. The van der Waals surface area contributed by atoms with Crippen LogP contribution in [0, 0.1) is 6.92 Å². The number of thiazole rings is 1. The highest BCUT2D eigenvalue weighted by Gasteiger charge is 2.28. The Balaban J connectivity index is 1.87. The fourth-order valence-corrected chi connectivity index (χ4v) is 3.83. The number of carbonyl (C=O) groups excluding carboxylic acids is 1. The van der Waals surface area contributed by atoms with Crippen LogP contribution in [0.25, 0.3) is 0 Å². The summed E-state index contributed by atoms with van der Waals surface area (Å²) < 4.78 is 6.93. The molecule has 0 bridgehead atoms. The van der Waals surface area contributed by atoms with Crippen molar-refractivity contribution in [3.63, 3.8) is 0 Å². The molecule has 0 N–H and O–H groups in total. The number of carbonyl (C=O) groups is 1. The smallest absolute Gasteiger partial charge is 0.272 e. The third-order valence-corrected chi connectivity index (χ3v) is 5.22. The highest BCUT2D eigenvalue weighted by atomic mass is 32.1. The molecule has 1 amide bonds. The van der Waals surface area contributed by atoms with Crippen molar-refractivity contribution in [1.29, 1.82) is 0 Å². The van der Waals surface area contributed by atoms with Gasteiger partial charge in [0.25, 0.3) is 5.91 Å². The van der Waals surface area contributed by atoms with Crippen LogP contribution in [-0.2, 0) is 31.2 Å². The van der Waals surface area contributed by atoms with Crippen LogP contribution >= 0.6 is 11.3 Å². The third-order valence-electron chi connectivity index (χ3n) is 4.30. The van der Waals surface area contributed by atoms with Crippen molar-refractivity contribution in [3.05, 3.63) is 33.0 Å². The maximum Gasteiger partial charge on any atom is 0.272 e. The van der Waals surface area contributed by atoms with Gasteiger partial charge in [-0.3, -0.25) is 9.48 Å². The van der Waals surface area contributed by atoms with Crippen LogP contribution in [0.2, 0.25) is 0 Å². The molecule has 0 spiro atoms. The maximum atomic E-state index is 13.1. The van der Waals surface area contributed by atoms with Crippen LogP contribution in [0.1, 0.15) is 38.7 Å². The Morgan fingerprint density at radius 1 is 1.48 bits per heavy atom. The lowest BCUT2D eigenvalue weighted by Gasteiger charge is -2.22. The molecule has 0 aliphatic heterocycles. The van der Waals surface area contributed by atoms with Crippen LogP contribution < -0.4 is 0 Å². The van der Waals surface area contributed by atoms with Gasteiger partial charge in [-0.05, 0) is 26.2 Å². The lowest BCUT2D eigenvalue weighted by Crippen LogP contribution is -2.35. The topological polar surface area (TPSA) is 60.2 Å². The van der Waals surface area contributed by atoms with E-state index in [1.54, 1.807) is 23.1 Å². The molecule has 3 rings (SSSR count). The van der Waals surface area contributed by atoms with Gasteiger partial charge in [-0.25, -0.2) is 4.98 Å². The molecule has 2 aromatic heterocycles. The number of fused-ring (bicyclic) bond motifs is 1. The van der Waals surface area contributed by atoms with Gasteiger partial charge >= 0.3 is 0 Å². The molecule has 0 saturated heterocycles. The van der Waals surface area contributed by atoms with Crippen LogP contribution in [0.15, 0.2) is 5.51 Å². The summed E-state index contributed by atoms with van der Waals surface area (Å²) in [5.41, 5.74) is 5.75. The lowest BCUT2D eigenvalue weighted by molar-refractivity contribution is 0.0670. The zero-order valence-corrected chi connectivity index (χ0v) is 14.7. The van der Waals surface area contributed by atoms with Crippen molar-refractivity contribution in [1.82, 2.24) is 19.7 Å². The number of nitrogens with zero attached hydrogens (tertiary/aromatic N) is 4. The molecule has 0 fully saturated rings. The van der Waals surface area contributed by atoms with Gasteiger partial charge in [0, 0.05) is 31.1 Å². The van der Waals surface area contributed by atoms with Gasteiger partial charge in [0.05, 0.1) is 30.1 Å². The first-order valence-electron chi connectivity index (χ1n) is 7.83. The quantitative estimate of drug-likeness (QED) is 0.810. The molecule has 0 unspecified atom stereocenters. The molecule has 2 aromatic rings. The summed E-state index contributed by atoms with van der Waals surface area (Å²) in [6, 6.07) is 0. The second kappa shape index (κ2) is 6.80. The lowest BCUT2D eigenvalue weighted by atomic mass is 10.1. The van der Waals surface area contributed by atoms with E-state index in [0.29, 0.717) is 19.7 Å². The van der Waals surface area contributed by atoms with Gasteiger partial charge in [-0.2, -0.15) is 5.10 Å². The second-order valence-corrected chi connectivity index (χ2v) is 6.77. The minimum absolute atomic E-state index is 0.0352. The number of hydrogen-bond acceptors (Lipinski definition) is 5. The zero-order valence-electron chi connectivity index (χ0n) is 13.8. The number of amides is 1. The van der Waals surface area contributed by atoms with Crippen molar-refractivity contribution < 1.29 is 9.53 Å². The predicted octanol–water partition coefficient (Wildman–Crippen LogP) is 1.96. The van der Waals surface area contributed by atoms with E-state index in [2.05, 4.69) is 10.1 Å². The molecular formula is C16H22N4O2S. The summed E-state index contributed by atoms with van der Waals surface area (Å²) >= 11 is 1.59. The summed E-state index contributed by atoms with van der Waals surface area (Å²) in [6.07, 6.45) is 3.01. The molecule has 23 heavy (non-hydrogen) atoms. The van der Waals surface area contributed by atoms with Crippen molar-refractivity contribution in [2.75, 3.05) is 20.3 Å². The summed E-state index contributed by atoms with van der Waals surface area (Å²) in [4.78, 5) is 20.4. The van der Waals surface area contributed by atoms with E-state index in [0.717, 1.165) is 46.8 Å². The number of methoxy groups -OCH3 is 1. The van der Waals surface area contributed by atoms with Crippen molar-refractivity contribution in [2.24, 2.45) is 7.05 Å². The first-order valence-corrected chi connectivity index (χ1v) is 8.71. The number of rotatable bonds is 6. The molecular weight excluding hydrogens is 312 g/mol. The van der Waals surface area contributed by atoms with Crippen molar-refractivity contribution in [3.8, 4) is 0 Å². The van der Waals surface area contributed by atoms with E-state index in [9.17, 15) is 4.79 Å². The third kappa shape index (κ3) is 3.16. The molecule has 1 aliphatic rings. The molecule has 0 aromatic carbocycles. The van der Waals surface area contributed by atoms with Gasteiger partial charge in [0.15, 0.2) is 0 Å². The standard InChI is InChI=1S/C16H22N4O2S/c1-11-14(23-10-17-11)9-20(7-8-22-3)16(21)15-12-5-4-6-13(12)18-19(15)2/h10H,4-9H2,1-3H3. The summed E-state index contributed by atoms with van der Waals surface area (Å²) in [5.74, 6) is 0.0352. The second-order valence-electron chi connectivity index (χ2n) is 5.83. The highest BCUT2D eigenvalue weighted by Crippen LogP contribution is 2.26. The Labute approximate surface area is 140 Å². The minimum Gasteiger partial charge on any atom is -0.383 e. The molecule has 124 valence electrons. The minimum atomic E-state index is 0.0352. The van der Waals surface area contributed by atoms with E-state index in [1.165, 1.54) is 0 Å². The van der Waals surface area contributed by atoms with Gasteiger partial charge in [-0.15, -0.1) is 11.3 Å². The Hall–Kier alpha value is -1.73. The van der Waals surface area contributed by atoms with Gasteiger partial charge in [0.2, 0.25) is 0 Å². The van der Waals surface area contributed by atoms with Gasteiger partial charge in [0.1, 0.15) is 5.69 Å². The Bertz CT molecular complexity index is 707. The van der Waals surface area contributed by atoms with Crippen LogP contribution in [0.5, 0.6) is 0 Å². The molecule has 1 aliphatic carbocycles. The Kier molecular flexibility index (Phi) is 4.77. The van der Waals surface area contributed by atoms with E-state index < -0.39 is 0 Å². The Morgan fingerprint density at radius 2 is 2.30 bits per heavy atom. The number of aryl methyl sites for hydroxylation is 3. The highest BCUT2D eigenvalue weighted by molar-refractivity contribution is 7.09. The average molecular weight is 334 g/mol.